The molecule has 2 aromatic carbocycles. The molecule has 0 unspecified atom stereocenters. The lowest BCUT2D eigenvalue weighted by molar-refractivity contribution is -0.139. The molecule has 3 aromatic rings. The molecule has 1 aromatic heterocycles. The maximum Gasteiger partial charge on any atom is 0.416 e. The summed E-state index contributed by atoms with van der Waals surface area (Å²) in [7, 11) is 0. The van der Waals surface area contributed by atoms with E-state index in [1.807, 2.05) is 6.92 Å². The molecule has 3 rings (SSSR count). The second kappa shape index (κ2) is 9.38. The minimum Gasteiger partial charge on any atom is -0.493 e. The van der Waals surface area contributed by atoms with Gasteiger partial charge in [0, 0.05) is 16.9 Å². The smallest absolute Gasteiger partial charge is 0.416 e. The number of rotatable bonds is 8. The minimum atomic E-state index is -4.36. The molecule has 164 valence electrons. The first-order chi connectivity index (χ1) is 14.6. The summed E-state index contributed by atoms with van der Waals surface area (Å²) in [6, 6.07) is 10.1. The van der Waals surface area contributed by atoms with E-state index in [4.69, 9.17) is 14.6 Å². The van der Waals surface area contributed by atoms with Gasteiger partial charge in [0.25, 0.3) is 0 Å². The quantitative estimate of drug-likeness (QED) is 0.488. The standard InChI is InChI=1S/C22H20F3NO4S/c1-13-11-17(7-8-18(13)30-12-20(27)28)29-10-9-19-26-21(14(2)31-19)15-3-5-16(6-4-15)22(23,24)25/h3-8,11H,9-10,12H2,1-2H3,(H,27,28). The number of halogens is 3. The number of hydrogen-bond donors (Lipinski definition) is 1. The highest BCUT2D eigenvalue weighted by atomic mass is 32.1. The van der Waals surface area contributed by atoms with Gasteiger partial charge < -0.3 is 14.6 Å². The fourth-order valence-corrected chi connectivity index (χ4v) is 3.85. The van der Waals surface area contributed by atoms with E-state index in [0.717, 1.165) is 27.6 Å². The zero-order chi connectivity index (χ0) is 22.6. The highest BCUT2D eigenvalue weighted by molar-refractivity contribution is 7.12. The zero-order valence-electron chi connectivity index (χ0n) is 16.8. The minimum absolute atomic E-state index is 0.369. The van der Waals surface area contributed by atoms with E-state index >= 15 is 0 Å². The van der Waals surface area contributed by atoms with Gasteiger partial charge in [0.1, 0.15) is 11.5 Å². The molecule has 0 bridgehead atoms. The summed E-state index contributed by atoms with van der Waals surface area (Å²) in [6.07, 6.45) is -3.82. The number of benzene rings is 2. The number of nitrogens with zero attached hydrogens (tertiary/aromatic N) is 1. The van der Waals surface area contributed by atoms with E-state index < -0.39 is 24.3 Å². The number of carboxylic acids is 1. The monoisotopic (exact) mass is 451 g/mol. The van der Waals surface area contributed by atoms with Crippen LogP contribution in [0.15, 0.2) is 42.5 Å². The van der Waals surface area contributed by atoms with E-state index in [1.54, 1.807) is 25.1 Å². The summed E-state index contributed by atoms with van der Waals surface area (Å²) in [4.78, 5) is 16.1. The van der Waals surface area contributed by atoms with Crippen molar-refractivity contribution in [2.75, 3.05) is 13.2 Å². The Balaban J connectivity index is 1.60. The van der Waals surface area contributed by atoms with E-state index in [1.165, 1.54) is 23.5 Å². The molecule has 0 atom stereocenters. The van der Waals surface area contributed by atoms with Crippen molar-refractivity contribution in [3.05, 3.63) is 63.5 Å². The van der Waals surface area contributed by atoms with Crippen molar-refractivity contribution >= 4 is 17.3 Å². The Labute approximate surface area is 181 Å². The first-order valence-corrected chi connectivity index (χ1v) is 10.2. The summed E-state index contributed by atoms with van der Waals surface area (Å²) in [5, 5.41) is 9.51. The van der Waals surface area contributed by atoms with Gasteiger partial charge in [0.15, 0.2) is 6.61 Å². The maximum absolute atomic E-state index is 12.7. The highest BCUT2D eigenvalue weighted by Gasteiger charge is 2.30. The highest BCUT2D eigenvalue weighted by Crippen LogP contribution is 2.33. The largest absolute Gasteiger partial charge is 0.493 e. The van der Waals surface area contributed by atoms with Crippen LogP contribution < -0.4 is 9.47 Å². The third-order valence-corrected chi connectivity index (χ3v) is 5.44. The molecule has 0 aliphatic carbocycles. The first kappa shape index (κ1) is 22.6. The van der Waals surface area contributed by atoms with E-state index in [9.17, 15) is 18.0 Å². The molecular formula is C22H20F3NO4S. The van der Waals surface area contributed by atoms with Gasteiger partial charge in [-0.1, -0.05) is 12.1 Å². The average molecular weight is 451 g/mol. The van der Waals surface area contributed by atoms with Crippen LogP contribution in [-0.4, -0.2) is 29.3 Å². The van der Waals surface area contributed by atoms with Crippen LogP contribution in [0.4, 0.5) is 13.2 Å². The summed E-state index contributed by atoms with van der Waals surface area (Å²) in [6.45, 7) is 3.64. The SMILES string of the molecule is Cc1cc(OCCc2nc(-c3ccc(C(F)(F)F)cc3)c(C)s2)ccc1OCC(=O)O. The van der Waals surface area contributed by atoms with Crippen molar-refractivity contribution in [1.82, 2.24) is 4.98 Å². The molecule has 5 nitrogen and oxygen atoms in total. The number of ether oxygens (including phenoxy) is 2. The summed E-state index contributed by atoms with van der Waals surface area (Å²) in [5.74, 6) is 0.0528. The molecular weight excluding hydrogens is 431 g/mol. The van der Waals surface area contributed by atoms with Crippen LogP contribution in [0, 0.1) is 13.8 Å². The summed E-state index contributed by atoms with van der Waals surface area (Å²) >= 11 is 1.48. The van der Waals surface area contributed by atoms with Gasteiger partial charge in [-0.05, 0) is 49.7 Å². The third kappa shape index (κ3) is 5.97. The van der Waals surface area contributed by atoms with Crippen LogP contribution in [0.5, 0.6) is 11.5 Å². The van der Waals surface area contributed by atoms with Crippen molar-refractivity contribution in [1.29, 1.82) is 0 Å². The lowest BCUT2D eigenvalue weighted by Gasteiger charge is -2.10. The Morgan fingerprint density at radius 3 is 2.42 bits per heavy atom. The van der Waals surface area contributed by atoms with Gasteiger partial charge in [-0.3, -0.25) is 0 Å². The van der Waals surface area contributed by atoms with Gasteiger partial charge in [-0.2, -0.15) is 13.2 Å². The Morgan fingerprint density at radius 1 is 1.10 bits per heavy atom. The molecule has 1 heterocycles. The molecule has 0 aliphatic heterocycles. The van der Waals surface area contributed by atoms with Crippen LogP contribution in [0.1, 0.15) is 21.0 Å². The molecule has 0 radical (unpaired) electrons. The van der Waals surface area contributed by atoms with Crippen LogP contribution in [0.25, 0.3) is 11.3 Å². The second-order valence-electron chi connectivity index (χ2n) is 6.80. The van der Waals surface area contributed by atoms with E-state index in [0.29, 0.717) is 35.8 Å². The molecule has 0 spiro atoms. The van der Waals surface area contributed by atoms with Crippen molar-refractivity contribution in [3.8, 4) is 22.8 Å². The first-order valence-electron chi connectivity index (χ1n) is 9.35. The van der Waals surface area contributed by atoms with Crippen LogP contribution in [-0.2, 0) is 17.4 Å². The van der Waals surface area contributed by atoms with Gasteiger partial charge >= 0.3 is 12.1 Å². The number of carbonyl (C=O) groups is 1. The molecule has 0 aliphatic rings. The van der Waals surface area contributed by atoms with Gasteiger partial charge in [-0.25, -0.2) is 9.78 Å². The molecule has 9 heteroatoms. The van der Waals surface area contributed by atoms with Crippen LogP contribution in [0.3, 0.4) is 0 Å². The Bertz CT molecular complexity index is 1060. The third-order valence-electron chi connectivity index (χ3n) is 4.41. The molecule has 0 saturated heterocycles. The average Bonchev–Trinajstić information content (AvgIpc) is 3.07. The normalized spacial score (nSPS) is 11.4. The fourth-order valence-electron chi connectivity index (χ4n) is 2.91. The number of aliphatic carboxylic acids is 1. The second-order valence-corrected chi connectivity index (χ2v) is 8.08. The summed E-state index contributed by atoms with van der Waals surface area (Å²) < 4.78 is 49.2. The van der Waals surface area contributed by atoms with Gasteiger partial charge in [0.05, 0.1) is 22.9 Å². The summed E-state index contributed by atoms with van der Waals surface area (Å²) in [5.41, 5.74) is 1.38. The van der Waals surface area contributed by atoms with Crippen molar-refractivity contribution in [3.63, 3.8) is 0 Å². The zero-order valence-corrected chi connectivity index (χ0v) is 17.6. The number of carboxylic acid groups (broad SMARTS) is 1. The Kier molecular flexibility index (Phi) is 6.84. The van der Waals surface area contributed by atoms with Gasteiger partial charge in [-0.15, -0.1) is 11.3 Å². The Morgan fingerprint density at radius 2 is 1.81 bits per heavy atom. The number of thiazole rings is 1. The molecule has 0 amide bonds. The Hall–Kier alpha value is -3.07. The van der Waals surface area contributed by atoms with Crippen molar-refractivity contribution < 1.29 is 32.5 Å². The lowest BCUT2D eigenvalue weighted by atomic mass is 10.1. The molecule has 1 N–H and O–H groups in total. The topological polar surface area (TPSA) is 68.7 Å². The number of hydrogen-bond acceptors (Lipinski definition) is 5. The number of aromatic nitrogens is 1. The number of aryl methyl sites for hydroxylation is 2. The molecule has 0 fully saturated rings. The predicted octanol–water partition coefficient (Wildman–Crippen LogP) is 5.53. The molecule has 31 heavy (non-hydrogen) atoms. The molecule has 0 saturated carbocycles. The van der Waals surface area contributed by atoms with Crippen LogP contribution in [0.2, 0.25) is 0 Å². The fraction of sp³-hybridized carbons (Fsp3) is 0.273. The maximum atomic E-state index is 12.7. The number of alkyl halides is 3. The predicted molar refractivity (Wildman–Crippen MR) is 111 cm³/mol. The van der Waals surface area contributed by atoms with E-state index in [2.05, 4.69) is 4.98 Å². The van der Waals surface area contributed by atoms with Crippen molar-refractivity contribution in [2.24, 2.45) is 0 Å². The van der Waals surface area contributed by atoms with Gasteiger partial charge in [0.2, 0.25) is 0 Å². The van der Waals surface area contributed by atoms with Crippen molar-refractivity contribution in [2.45, 2.75) is 26.4 Å². The van der Waals surface area contributed by atoms with Crippen LogP contribution >= 0.6 is 11.3 Å². The van der Waals surface area contributed by atoms with E-state index in [-0.39, 0.29) is 0 Å². The lowest BCUT2D eigenvalue weighted by Crippen LogP contribution is -2.10.